The molecule has 0 spiro atoms. The van der Waals surface area contributed by atoms with Crippen molar-refractivity contribution in [3.05, 3.63) is 0 Å². The molecule has 0 aliphatic carbocycles. The van der Waals surface area contributed by atoms with E-state index in [4.69, 9.17) is 4.74 Å². The van der Waals surface area contributed by atoms with E-state index in [-0.39, 0.29) is 6.09 Å². The molecule has 0 saturated carbocycles. The first-order valence-electron chi connectivity index (χ1n) is 5.93. The van der Waals surface area contributed by atoms with Crippen LogP contribution in [0.5, 0.6) is 0 Å². The quantitative estimate of drug-likeness (QED) is 0.712. The third-order valence-corrected chi connectivity index (χ3v) is 3.37. The largest absolute Gasteiger partial charge is 0.449 e. The highest BCUT2D eigenvalue weighted by molar-refractivity contribution is 5.68. The summed E-state index contributed by atoms with van der Waals surface area (Å²) < 4.78 is 5.20. The molecule has 2 rings (SSSR count). The second kappa shape index (κ2) is 4.84. The minimum Gasteiger partial charge on any atom is -0.449 e. The summed E-state index contributed by atoms with van der Waals surface area (Å²) in [6, 6.07) is 0. The molecular weight excluding hydrogens is 192 g/mol. The Morgan fingerprint density at radius 1 is 1.40 bits per heavy atom. The van der Waals surface area contributed by atoms with Gasteiger partial charge in [-0.1, -0.05) is 13.3 Å². The number of carbonyl (C=O) groups is 1. The molecule has 0 unspecified atom stereocenters. The predicted octanol–water partition coefficient (Wildman–Crippen LogP) is 1.07. The predicted molar refractivity (Wildman–Crippen MR) is 57.7 cm³/mol. The van der Waals surface area contributed by atoms with E-state index in [0.717, 1.165) is 39.0 Å². The third kappa shape index (κ3) is 2.43. The summed E-state index contributed by atoms with van der Waals surface area (Å²) in [6.07, 6.45) is 1.93. The molecule has 86 valence electrons. The van der Waals surface area contributed by atoms with Gasteiger partial charge >= 0.3 is 6.09 Å². The van der Waals surface area contributed by atoms with E-state index in [2.05, 4.69) is 12.2 Å². The van der Waals surface area contributed by atoms with E-state index < -0.39 is 0 Å². The molecule has 15 heavy (non-hydrogen) atoms. The standard InChI is InChI=1S/C11H20N2O2/c1-2-3-4-15-11(14)13-7-9-5-12-6-10(9)8-13/h9-10,12H,2-8H2,1H3/t9-,10+. The number of nitrogens with zero attached hydrogens (tertiary/aromatic N) is 1. The van der Waals surface area contributed by atoms with Crippen molar-refractivity contribution in [3.8, 4) is 0 Å². The van der Waals surface area contributed by atoms with Crippen molar-refractivity contribution in [1.82, 2.24) is 10.2 Å². The fourth-order valence-corrected chi connectivity index (χ4v) is 2.40. The first-order valence-corrected chi connectivity index (χ1v) is 5.93. The average Bonchev–Trinajstić information content (AvgIpc) is 2.76. The molecule has 0 aromatic rings. The van der Waals surface area contributed by atoms with E-state index in [1.54, 1.807) is 0 Å². The van der Waals surface area contributed by atoms with Crippen molar-refractivity contribution < 1.29 is 9.53 Å². The molecule has 4 heteroatoms. The van der Waals surface area contributed by atoms with Gasteiger partial charge in [0.25, 0.3) is 0 Å². The summed E-state index contributed by atoms with van der Waals surface area (Å²) in [5, 5.41) is 3.36. The smallest absolute Gasteiger partial charge is 0.409 e. The second-order valence-electron chi connectivity index (χ2n) is 4.55. The fourth-order valence-electron chi connectivity index (χ4n) is 2.40. The third-order valence-electron chi connectivity index (χ3n) is 3.37. The summed E-state index contributed by atoms with van der Waals surface area (Å²) in [7, 11) is 0. The average molecular weight is 212 g/mol. The number of nitrogens with one attached hydrogen (secondary N) is 1. The number of hydrogen-bond acceptors (Lipinski definition) is 3. The van der Waals surface area contributed by atoms with Crippen molar-refractivity contribution in [2.75, 3.05) is 32.8 Å². The van der Waals surface area contributed by atoms with Gasteiger partial charge in [0.1, 0.15) is 0 Å². The Hall–Kier alpha value is -0.770. The van der Waals surface area contributed by atoms with Crippen molar-refractivity contribution in [1.29, 1.82) is 0 Å². The van der Waals surface area contributed by atoms with Crippen LogP contribution in [0.25, 0.3) is 0 Å². The molecule has 1 amide bonds. The van der Waals surface area contributed by atoms with Crippen molar-refractivity contribution in [2.24, 2.45) is 11.8 Å². The molecule has 0 radical (unpaired) electrons. The van der Waals surface area contributed by atoms with Gasteiger partial charge < -0.3 is 15.0 Å². The molecule has 2 fully saturated rings. The van der Waals surface area contributed by atoms with Crippen LogP contribution in [-0.4, -0.2) is 43.8 Å². The molecule has 2 heterocycles. The molecule has 4 nitrogen and oxygen atoms in total. The maximum atomic E-state index is 11.6. The lowest BCUT2D eigenvalue weighted by Crippen LogP contribution is -2.32. The summed E-state index contributed by atoms with van der Waals surface area (Å²) in [5.74, 6) is 1.31. The summed E-state index contributed by atoms with van der Waals surface area (Å²) >= 11 is 0. The number of fused-ring (bicyclic) bond motifs is 1. The van der Waals surface area contributed by atoms with Crippen LogP contribution < -0.4 is 5.32 Å². The Kier molecular flexibility index (Phi) is 3.46. The number of amides is 1. The molecule has 2 aliphatic rings. The van der Waals surface area contributed by atoms with Crippen LogP contribution in [0.15, 0.2) is 0 Å². The van der Waals surface area contributed by atoms with Crippen molar-refractivity contribution in [2.45, 2.75) is 19.8 Å². The lowest BCUT2D eigenvalue weighted by atomic mass is 10.0. The number of likely N-dealkylation sites (tertiary alicyclic amines) is 1. The van der Waals surface area contributed by atoms with Crippen molar-refractivity contribution in [3.63, 3.8) is 0 Å². The number of unbranched alkanes of at least 4 members (excludes halogenated alkanes) is 1. The van der Waals surface area contributed by atoms with Crippen LogP contribution in [0.3, 0.4) is 0 Å². The van der Waals surface area contributed by atoms with Gasteiger partial charge in [-0.25, -0.2) is 4.79 Å². The number of ether oxygens (including phenoxy) is 1. The Bertz CT molecular complexity index is 221. The number of rotatable bonds is 3. The van der Waals surface area contributed by atoms with Crippen LogP contribution in [0, 0.1) is 11.8 Å². The topological polar surface area (TPSA) is 41.6 Å². The fraction of sp³-hybridized carbons (Fsp3) is 0.909. The SMILES string of the molecule is CCCCOC(=O)N1C[C@H]2CNC[C@H]2C1. The molecule has 1 N–H and O–H groups in total. The number of hydrogen-bond donors (Lipinski definition) is 1. The van der Waals surface area contributed by atoms with E-state index in [1.807, 2.05) is 4.90 Å². The Morgan fingerprint density at radius 3 is 2.67 bits per heavy atom. The van der Waals surface area contributed by atoms with E-state index in [0.29, 0.717) is 18.4 Å². The Labute approximate surface area is 91.0 Å². The van der Waals surface area contributed by atoms with Crippen LogP contribution in [0.4, 0.5) is 4.79 Å². The van der Waals surface area contributed by atoms with Crippen LogP contribution >= 0.6 is 0 Å². The lowest BCUT2D eigenvalue weighted by Gasteiger charge is -2.16. The number of carbonyl (C=O) groups excluding carboxylic acids is 1. The first-order chi connectivity index (χ1) is 7.31. The van der Waals surface area contributed by atoms with Crippen LogP contribution in [0.1, 0.15) is 19.8 Å². The maximum Gasteiger partial charge on any atom is 0.409 e. The summed E-state index contributed by atoms with van der Waals surface area (Å²) in [6.45, 7) is 6.54. The van der Waals surface area contributed by atoms with E-state index in [9.17, 15) is 4.79 Å². The Balaban J connectivity index is 1.73. The molecule has 0 aromatic carbocycles. The zero-order valence-corrected chi connectivity index (χ0v) is 9.37. The van der Waals surface area contributed by atoms with Gasteiger partial charge in [-0.2, -0.15) is 0 Å². The van der Waals surface area contributed by atoms with Gasteiger partial charge in [0.15, 0.2) is 0 Å². The van der Waals surface area contributed by atoms with Crippen LogP contribution in [0.2, 0.25) is 0 Å². The highest BCUT2D eigenvalue weighted by atomic mass is 16.6. The summed E-state index contributed by atoms with van der Waals surface area (Å²) in [5.41, 5.74) is 0. The normalized spacial score (nSPS) is 29.3. The van der Waals surface area contributed by atoms with Crippen LogP contribution in [-0.2, 0) is 4.74 Å². The molecule has 0 bridgehead atoms. The monoisotopic (exact) mass is 212 g/mol. The second-order valence-corrected chi connectivity index (χ2v) is 4.55. The summed E-state index contributed by atoms with van der Waals surface area (Å²) in [4.78, 5) is 13.5. The Morgan fingerprint density at radius 2 is 2.07 bits per heavy atom. The van der Waals surface area contributed by atoms with Gasteiger partial charge in [-0.05, 0) is 18.3 Å². The molecule has 0 aromatic heterocycles. The van der Waals surface area contributed by atoms with Crippen molar-refractivity contribution >= 4 is 6.09 Å². The minimum atomic E-state index is -0.113. The highest BCUT2D eigenvalue weighted by Crippen LogP contribution is 2.26. The highest BCUT2D eigenvalue weighted by Gasteiger charge is 2.38. The first kappa shape index (κ1) is 10.7. The zero-order valence-electron chi connectivity index (χ0n) is 9.37. The molecule has 2 atom stereocenters. The van der Waals surface area contributed by atoms with Gasteiger partial charge in [-0.15, -0.1) is 0 Å². The minimum absolute atomic E-state index is 0.113. The van der Waals surface area contributed by atoms with Gasteiger partial charge in [0, 0.05) is 26.2 Å². The molecular formula is C11H20N2O2. The van der Waals surface area contributed by atoms with Gasteiger partial charge in [-0.3, -0.25) is 0 Å². The molecule has 2 aliphatic heterocycles. The molecule has 2 saturated heterocycles. The van der Waals surface area contributed by atoms with E-state index >= 15 is 0 Å². The lowest BCUT2D eigenvalue weighted by molar-refractivity contribution is 0.107. The van der Waals surface area contributed by atoms with Gasteiger partial charge in [0.05, 0.1) is 6.61 Å². The van der Waals surface area contributed by atoms with Gasteiger partial charge in [0.2, 0.25) is 0 Å². The van der Waals surface area contributed by atoms with E-state index in [1.165, 1.54) is 0 Å². The zero-order chi connectivity index (χ0) is 10.7. The maximum absolute atomic E-state index is 11.6.